The van der Waals surface area contributed by atoms with Gasteiger partial charge in [0.1, 0.15) is 5.82 Å². The first-order chi connectivity index (χ1) is 18.4. The molecule has 0 amide bonds. The van der Waals surface area contributed by atoms with Crippen molar-refractivity contribution in [3.05, 3.63) is 62.2 Å². The number of rotatable bonds is 7. The van der Waals surface area contributed by atoms with Crippen LogP contribution in [-0.2, 0) is 49.5 Å². The Labute approximate surface area is 220 Å². The normalized spacial score (nSPS) is 24.6. The Balaban J connectivity index is 1.30. The minimum atomic E-state index is -4.47. The monoisotopic (exact) mass is 552 g/mol. The largest absolute Gasteiger partial charge is 0.422 e. The highest BCUT2D eigenvalue weighted by molar-refractivity contribution is 6.31. The second-order valence-corrected chi connectivity index (χ2v) is 10.0. The lowest BCUT2D eigenvalue weighted by Gasteiger charge is -2.40. The van der Waals surface area contributed by atoms with Gasteiger partial charge in [-0.25, -0.2) is 19.2 Å². The van der Waals surface area contributed by atoms with Crippen molar-refractivity contribution in [3.8, 4) is 0 Å². The van der Waals surface area contributed by atoms with Crippen molar-refractivity contribution in [1.82, 2.24) is 19.0 Å². The summed E-state index contributed by atoms with van der Waals surface area (Å²) in [5, 5.41) is 0. The molecule has 2 aromatic rings. The molecule has 2 bridgehead atoms. The molecule has 0 radical (unpaired) electrons. The van der Waals surface area contributed by atoms with Gasteiger partial charge in [0.15, 0.2) is 0 Å². The minimum Gasteiger partial charge on any atom is -0.394 e. The Morgan fingerprint density at radius 2 is 1.67 bits per heavy atom. The molecule has 11 nitrogen and oxygen atoms in total. The standard InChI is InChI=1S/C25H27F3N4O7/c1-14-29-22(35)32(23(36)30(14)2)24(38-20(33)21(34)39-24)9-10-31-16-7-8-17(31)12-18(11-16)37-13-15-5-3-4-6-19(15)25(26,27)28/h3-6,16-18H,7-13H2,1-2H3. The van der Waals surface area contributed by atoms with E-state index in [2.05, 4.69) is 9.88 Å². The van der Waals surface area contributed by atoms with Crippen LogP contribution in [0.2, 0.25) is 0 Å². The first-order valence-electron chi connectivity index (χ1n) is 12.6. The van der Waals surface area contributed by atoms with Crippen LogP contribution in [0.4, 0.5) is 13.2 Å². The van der Waals surface area contributed by atoms with Gasteiger partial charge in [0, 0.05) is 25.7 Å². The second kappa shape index (κ2) is 9.90. The Kier molecular flexibility index (Phi) is 6.87. The lowest BCUT2D eigenvalue weighted by Crippen LogP contribution is -2.55. The molecule has 1 aromatic carbocycles. The number of benzene rings is 1. The molecule has 3 aliphatic rings. The molecule has 2 atom stereocenters. The fraction of sp³-hybridized carbons (Fsp3) is 0.560. The lowest BCUT2D eigenvalue weighted by atomic mass is 9.99. The number of aromatic nitrogens is 3. The Hall–Kier alpha value is -3.52. The van der Waals surface area contributed by atoms with E-state index >= 15 is 0 Å². The fourth-order valence-electron chi connectivity index (χ4n) is 5.75. The maximum atomic E-state index is 13.3. The zero-order valence-electron chi connectivity index (χ0n) is 21.3. The van der Waals surface area contributed by atoms with E-state index in [0.29, 0.717) is 17.4 Å². The molecule has 14 heteroatoms. The van der Waals surface area contributed by atoms with Crippen LogP contribution in [0.25, 0.3) is 0 Å². The molecular formula is C25H27F3N4O7. The van der Waals surface area contributed by atoms with Crippen molar-refractivity contribution in [2.75, 3.05) is 6.54 Å². The molecule has 0 spiro atoms. The predicted molar refractivity (Wildman–Crippen MR) is 126 cm³/mol. The van der Waals surface area contributed by atoms with Crippen molar-refractivity contribution in [2.45, 2.75) is 75.9 Å². The van der Waals surface area contributed by atoms with Crippen LogP contribution >= 0.6 is 0 Å². The number of aryl methyl sites for hydroxylation is 1. The van der Waals surface area contributed by atoms with Gasteiger partial charge in [-0.3, -0.25) is 9.47 Å². The molecule has 5 rings (SSSR count). The summed E-state index contributed by atoms with van der Waals surface area (Å²) >= 11 is 0. The van der Waals surface area contributed by atoms with Gasteiger partial charge in [-0.1, -0.05) is 18.2 Å². The van der Waals surface area contributed by atoms with Crippen LogP contribution in [0.15, 0.2) is 33.9 Å². The third-order valence-corrected chi connectivity index (χ3v) is 7.75. The quantitative estimate of drug-likeness (QED) is 0.372. The maximum absolute atomic E-state index is 13.3. The highest BCUT2D eigenvalue weighted by Gasteiger charge is 2.54. The average molecular weight is 553 g/mol. The fourth-order valence-corrected chi connectivity index (χ4v) is 5.75. The summed E-state index contributed by atoms with van der Waals surface area (Å²) < 4.78 is 57.9. The van der Waals surface area contributed by atoms with Crippen molar-refractivity contribution >= 4 is 11.9 Å². The van der Waals surface area contributed by atoms with E-state index in [1.165, 1.54) is 26.1 Å². The summed E-state index contributed by atoms with van der Waals surface area (Å²) in [5.74, 6) is -4.78. The molecule has 1 aromatic heterocycles. The van der Waals surface area contributed by atoms with Gasteiger partial charge >= 0.3 is 35.4 Å². The SMILES string of the molecule is Cc1nc(=O)n(C2(CCN3C4CCC3CC(OCc3ccccc3C(F)(F)F)C4)OC(=O)C(=O)O2)c(=O)n1C. The predicted octanol–water partition coefficient (Wildman–Crippen LogP) is 1.58. The van der Waals surface area contributed by atoms with Gasteiger partial charge in [-0.2, -0.15) is 22.7 Å². The average Bonchev–Trinajstić information content (AvgIpc) is 3.29. The van der Waals surface area contributed by atoms with Gasteiger partial charge in [-0.15, -0.1) is 0 Å². The molecule has 0 N–H and O–H groups in total. The number of cyclic esters (lactones) is 2. The second-order valence-electron chi connectivity index (χ2n) is 10.0. The zero-order valence-corrected chi connectivity index (χ0v) is 21.3. The van der Waals surface area contributed by atoms with Gasteiger partial charge < -0.3 is 14.2 Å². The number of nitrogens with zero attached hydrogens (tertiary/aromatic N) is 4. The molecule has 3 aliphatic heterocycles. The van der Waals surface area contributed by atoms with Gasteiger partial charge in [-0.05, 0) is 44.2 Å². The Morgan fingerprint density at radius 3 is 2.28 bits per heavy atom. The van der Waals surface area contributed by atoms with E-state index in [0.717, 1.165) is 23.5 Å². The molecule has 2 unspecified atom stereocenters. The summed E-state index contributed by atoms with van der Waals surface area (Å²) in [6.07, 6.45) is -2.18. The summed E-state index contributed by atoms with van der Waals surface area (Å²) in [7, 11) is 1.38. The number of hydrogen-bond donors (Lipinski definition) is 0. The third-order valence-electron chi connectivity index (χ3n) is 7.75. The molecule has 3 fully saturated rings. The van der Waals surface area contributed by atoms with Crippen molar-refractivity contribution in [3.63, 3.8) is 0 Å². The van der Waals surface area contributed by atoms with E-state index in [1.54, 1.807) is 6.07 Å². The smallest absolute Gasteiger partial charge is 0.394 e. The Bertz CT molecular complexity index is 1390. The van der Waals surface area contributed by atoms with Crippen LogP contribution in [-0.4, -0.2) is 55.7 Å². The van der Waals surface area contributed by atoms with Gasteiger partial charge in [0.25, 0.3) is 0 Å². The van der Waals surface area contributed by atoms with Crippen LogP contribution < -0.4 is 11.4 Å². The maximum Gasteiger partial charge on any atom is 0.422 e. The molecule has 3 saturated heterocycles. The third kappa shape index (κ3) is 4.98. The number of piperidine rings is 1. The van der Waals surface area contributed by atoms with E-state index in [4.69, 9.17) is 14.2 Å². The minimum absolute atomic E-state index is 0.00663. The van der Waals surface area contributed by atoms with Crippen molar-refractivity contribution in [1.29, 1.82) is 0 Å². The van der Waals surface area contributed by atoms with Crippen LogP contribution in [0.5, 0.6) is 0 Å². The van der Waals surface area contributed by atoms with Gasteiger partial charge in [0.2, 0.25) is 0 Å². The number of halogens is 3. The van der Waals surface area contributed by atoms with Crippen molar-refractivity contribution in [2.24, 2.45) is 7.05 Å². The van der Waals surface area contributed by atoms with Crippen LogP contribution in [0.1, 0.15) is 49.1 Å². The van der Waals surface area contributed by atoms with Crippen LogP contribution in [0.3, 0.4) is 0 Å². The number of esters is 2. The summed E-state index contributed by atoms with van der Waals surface area (Å²) in [5.41, 5.74) is -2.52. The van der Waals surface area contributed by atoms with Crippen molar-refractivity contribution < 1.29 is 37.0 Å². The number of fused-ring (bicyclic) bond motifs is 2. The molecular weight excluding hydrogens is 525 g/mol. The molecule has 4 heterocycles. The molecule has 0 saturated carbocycles. The summed E-state index contributed by atoms with van der Waals surface area (Å²) in [6, 6.07) is 5.33. The first-order valence-corrected chi connectivity index (χ1v) is 12.6. The zero-order chi connectivity index (χ0) is 28.1. The number of hydrogen-bond acceptors (Lipinski definition) is 9. The number of alkyl halides is 3. The number of carbonyl (C=O) groups excluding carboxylic acids is 2. The first kappa shape index (κ1) is 27.1. The lowest BCUT2D eigenvalue weighted by molar-refractivity contribution is -0.232. The van der Waals surface area contributed by atoms with E-state index < -0.39 is 41.0 Å². The Morgan fingerprint density at radius 1 is 1.05 bits per heavy atom. The van der Waals surface area contributed by atoms with E-state index in [9.17, 15) is 32.3 Å². The molecule has 39 heavy (non-hydrogen) atoms. The summed E-state index contributed by atoms with van der Waals surface area (Å²) in [6.45, 7) is 1.50. The molecule has 210 valence electrons. The van der Waals surface area contributed by atoms with Gasteiger partial charge in [0.05, 0.1) is 24.7 Å². The van der Waals surface area contributed by atoms with E-state index in [-0.39, 0.29) is 49.1 Å². The topological polar surface area (TPSA) is 122 Å². The summed E-state index contributed by atoms with van der Waals surface area (Å²) in [4.78, 5) is 55.5. The van der Waals surface area contributed by atoms with E-state index in [1.807, 2.05) is 0 Å². The molecule has 0 aliphatic carbocycles. The number of ether oxygens (including phenoxy) is 3. The van der Waals surface area contributed by atoms with Crippen LogP contribution in [0, 0.1) is 6.92 Å². The highest BCUT2D eigenvalue weighted by Crippen LogP contribution is 2.39. The highest BCUT2D eigenvalue weighted by atomic mass is 19.4. The number of carbonyl (C=O) groups is 2.